The predicted octanol–water partition coefficient (Wildman–Crippen LogP) is 2.43. The maximum atomic E-state index is 12.4. The van der Waals surface area contributed by atoms with Gasteiger partial charge in [-0.3, -0.25) is 9.88 Å². The third-order valence-corrected chi connectivity index (χ3v) is 4.54. The maximum Gasteiger partial charge on any atom is 0.338 e. The van der Waals surface area contributed by atoms with Crippen molar-refractivity contribution in [2.45, 2.75) is 25.4 Å². The first-order chi connectivity index (χ1) is 13.7. The highest BCUT2D eigenvalue weighted by molar-refractivity contribution is 5.95. The maximum absolute atomic E-state index is 12.4. The summed E-state index contributed by atoms with van der Waals surface area (Å²) in [4.78, 5) is 24.3. The molecule has 7 nitrogen and oxygen atoms in total. The standard InChI is InChI=1S/C21H26N4O3/c22-20(19-11-5-6-12-23-19)24-27-16-18(15-25-13-7-2-8-14-25)28-21(26)17-9-3-1-4-10-17/h1,3-6,9-12,18H,2,7-8,13-16H2,(H2,22,24). The average molecular weight is 382 g/mol. The van der Waals surface area contributed by atoms with Gasteiger partial charge in [-0.25, -0.2) is 4.79 Å². The first-order valence-electron chi connectivity index (χ1n) is 9.57. The van der Waals surface area contributed by atoms with Gasteiger partial charge in [-0.15, -0.1) is 0 Å². The van der Waals surface area contributed by atoms with Crippen molar-refractivity contribution in [3.05, 3.63) is 66.0 Å². The van der Waals surface area contributed by atoms with E-state index < -0.39 is 6.10 Å². The summed E-state index contributed by atoms with van der Waals surface area (Å²) in [6.07, 6.45) is 4.76. The summed E-state index contributed by atoms with van der Waals surface area (Å²) in [5.41, 5.74) is 6.96. The first kappa shape index (κ1) is 19.8. The Labute approximate surface area is 165 Å². The van der Waals surface area contributed by atoms with Crippen LogP contribution in [0.3, 0.4) is 0 Å². The number of nitrogens with zero attached hydrogens (tertiary/aromatic N) is 3. The molecule has 1 aromatic carbocycles. The molecule has 2 aromatic rings. The number of esters is 1. The van der Waals surface area contributed by atoms with Gasteiger partial charge in [-0.2, -0.15) is 0 Å². The van der Waals surface area contributed by atoms with E-state index in [1.807, 2.05) is 24.3 Å². The molecule has 1 aliphatic rings. The number of hydrogen-bond donors (Lipinski definition) is 1. The number of pyridine rings is 1. The van der Waals surface area contributed by atoms with E-state index in [1.165, 1.54) is 6.42 Å². The summed E-state index contributed by atoms with van der Waals surface area (Å²) in [6.45, 7) is 2.73. The summed E-state index contributed by atoms with van der Waals surface area (Å²) >= 11 is 0. The van der Waals surface area contributed by atoms with Crippen LogP contribution in [0.5, 0.6) is 0 Å². The van der Waals surface area contributed by atoms with E-state index in [1.54, 1.807) is 30.5 Å². The van der Waals surface area contributed by atoms with E-state index in [2.05, 4.69) is 15.0 Å². The molecule has 1 atom stereocenters. The summed E-state index contributed by atoms with van der Waals surface area (Å²) in [6, 6.07) is 14.3. The highest BCUT2D eigenvalue weighted by Crippen LogP contribution is 2.12. The highest BCUT2D eigenvalue weighted by Gasteiger charge is 2.21. The molecule has 2 heterocycles. The average Bonchev–Trinajstić information content (AvgIpc) is 2.75. The van der Waals surface area contributed by atoms with Crippen LogP contribution in [-0.4, -0.2) is 54.0 Å². The van der Waals surface area contributed by atoms with Gasteiger partial charge in [0.1, 0.15) is 5.69 Å². The van der Waals surface area contributed by atoms with Gasteiger partial charge >= 0.3 is 5.97 Å². The van der Waals surface area contributed by atoms with Gasteiger partial charge < -0.3 is 15.3 Å². The van der Waals surface area contributed by atoms with Crippen LogP contribution in [0.25, 0.3) is 0 Å². The minimum absolute atomic E-state index is 0.128. The number of carbonyl (C=O) groups excluding carboxylic acids is 1. The molecule has 0 bridgehead atoms. The third kappa shape index (κ3) is 6.06. The number of benzene rings is 1. The van der Waals surface area contributed by atoms with Crippen molar-refractivity contribution in [3.63, 3.8) is 0 Å². The molecule has 0 aliphatic carbocycles. The van der Waals surface area contributed by atoms with Gasteiger partial charge in [-0.1, -0.05) is 35.8 Å². The molecule has 1 unspecified atom stereocenters. The Morgan fingerprint density at radius 1 is 1.11 bits per heavy atom. The van der Waals surface area contributed by atoms with E-state index in [-0.39, 0.29) is 18.4 Å². The number of piperidine rings is 1. The largest absolute Gasteiger partial charge is 0.454 e. The molecule has 7 heteroatoms. The summed E-state index contributed by atoms with van der Waals surface area (Å²) in [5, 5.41) is 3.93. The molecule has 2 N–H and O–H groups in total. The molecule has 0 radical (unpaired) electrons. The van der Waals surface area contributed by atoms with Crippen molar-refractivity contribution >= 4 is 11.8 Å². The second-order valence-corrected chi connectivity index (χ2v) is 6.74. The first-order valence-corrected chi connectivity index (χ1v) is 9.57. The number of amidine groups is 1. The second-order valence-electron chi connectivity index (χ2n) is 6.74. The highest BCUT2D eigenvalue weighted by atomic mass is 16.6. The molecular formula is C21H26N4O3. The van der Waals surface area contributed by atoms with E-state index in [0.29, 0.717) is 17.8 Å². The van der Waals surface area contributed by atoms with Gasteiger partial charge in [0, 0.05) is 12.7 Å². The molecule has 28 heavy (non-hydrogen) atoms. The molecule has 1 saturated heterocycles. The van der Waals surface area contributed by atoms with Crippen LogP contribution in [0.2, 0.25) is 0 Å². The molecule has 0 saturated carbocycles. The Bertz CT molecular complexity index is 762. The third-order valence-electron chi connectivity index (χ3n) is 4.54. The van der Waals surface area contributed by atoms with E-state index in [4.69, 9.17) is 15.3 Å². The minimum Gasteiger partial charge on any atom is -0.454 e. The van der Waals surface area contributed by atoms with Crippen molar-refractivity contribution in [2.75, 3.05) is 26.2 Å². The van der Waals surface area contributed by atoms with Crippen LogP contribution < -0.4 is 5.73 Å². The summed E-state index contributed by atoms with van der Waals surface area (Å²) in [5.74, 6) is -0.181. The van der Waals surface area contributed by atoms with Gasteiger partial charge in [0.05, 0.1) is 5.56 Å². The van der Waals surface area contributed by atoms with Crippen molar-refractivity contribution in [1.82, 2.24) is 9.88 Å². The molecule has 0 amide bonds. The van der Waals surface area contributed by atoms with Crippen molar-refractivity contribution in [1.29, 1.82) is 0 Å². The minimum atomic E-state index is -0.439. The van der Waals surface area contributed by atoms with Crippen molar-refractivity contribution < 1.29 is 14.4 Å². The smallest absolute Gasteiger partial charge is 0.338 e. The van der Waals surface area contributed by atoms with Crippen LogP contribution in [0.4, 0.5) is 0 Å². The number of ether oxygens (including phenoxy) is 1. The number of likely N-dealkylation sites (tertiary alicyclic amines) is 1. The Hall–Kier alpha value is -2.93. The van der Waals surface area contributed by atoms with E-state index in [9.17, 15) is 4.79 Å². The summed E-state index contributed by atoms with van der Waals surface area (Å²) in [7, 11) is 0. The zero-order valence-electron chi connectivity index (χ0n) is 15.9. The van der Waals surface area contributed by atoms with Gasteiger partial charge in [0.15, 0.2) is 18.5 Å². The Balaban J connectivity index is 1.61. The topological polar surface area (TPSA) is 90.0 Å². The molecule has 1 fully saturated rings. The lowest BCUT2D eigenvalue weighted by molar-refractivity contribution is -0.0171. The van der Waals surface area contributed by atoms with E-state index >= 15 is 0 Å². The number of oxime groups is 1. The number of carbonyl (C=O) groups is 1. The normalized spacial score (nSPS) is 16.4. The van der Waals surface area contributed by atoms with Crippen LogP contribution >= 0.6 is 0 Å². The predicted molar refractivity (Wildman–Crippen MR) is 107 cm³/mol. The quantitative estimate of drug-likeness (QED) is 0.326. The fraction of sp³-hybridized carbons (Fsp3) is 0.381. The monoisotopic (exact) mass is 382 g/mol. The summed E-state index contributed by atoms with van der Waals surface area (Å²) < 4.78 is 5.70. The lowest BCUT2D eigenvalue weighted by Gasteiger charge is -2.29. The van der Waals surface area contributed by atoms with Crippen molar-refractivity contribution in [2.24, 2.45) is 10.9 Å². The van der Waals surface area contributed by atoms with Crippen molar-refractivity contribution in [3.8, 4) is 0 Å². The van der Waals surface area contributed by atoms with Crippen LogP contribution in [0.1, 0.15) is 35.3 Å². The number of rotatable bonds is 8. The zero-order valence-corrected chi connectivity index (χ0v) is 15.9. The number of nitrogens with two attached hydrogens (primary N) is 1. The van der Waals surface area contributed by atoms with Gasteiger partial charge in [0.25, 0.3) is 0 Å². The number of hydrogen-bond acceptors (Lipinski definition) is 6. The fourth-order valence-corrected chi connectivity index (χ4v) is 3.10. The van der Waals surface area contributed by atoms with Gasteiger partial charge in [-0.05, 0) is 50.2 Å². The Morgan fingerprint density at radius 2 is 1.86 bits per heavy atom. The van der Waals surface area contributed by atoms with Crippen LogP contribution in [-0.2, 0) is 9.57 Å². The molecule has 3 rings (SSSR count). The van der Waals surface area contributed by atoms with Crippen LogP contribution in [0.15, 0.2) is 59.9 Å². The second kappa shape index (κ2) is 10.4. The Morgan fingerprint density at radius 3 is 2.57 bits per heavy atom. The fourth-order valence-electron chi connectivity index (χ4n) is 3.10. The zero-order chi connectivity index (χ0) is 19.6. The van der Waals surface area contributed by atoms with E-state index in [0.717, 1.165) is 25.9 Å². The molecule has 1 aliphatic heterocycles. The number of aromatic nitrogens is 1. The SMILES string of the molecule is NC(=NOCC(CN1CCCCC1)OC(=O)c1ccccc1)c1ccccn1. The molecule has 148 valence electrons. The molecule has 0 spiro atoms. The van der Waals surface area contributed by atoms with Crippen LogP contribution in [0, 0.1) is 0 Å². The Kier molecular flexibility index (Phi) is 7.37. The lowest BCUT2D eigenvalue weighted by atomic mass is 10.1. The molecule has 1 aromatic heterocycles. The molecular weight excluding hydrogens is 356 g/mol. The van der Waals surface area contributed by atoms with Gasteiger partial charge in [0.2, 0.25) is 0 Å². The lowest BCUT2D eigenvalue weighted by Crippen LogP contribution is -2.40.